The predicted molar refractivity (Wildman–Crippen MR) is 37.8 cm³/mol. The SMILES string of the molecule is CC(C)(CBr)CC#N. The summed E-state index contributed by atoms with van der Waals surface area (Å²) in [6.07, 6.45) is 0.623. The number of halogens is 1. The molecule has 0 aromatic carbocycles. The molecule has 0 aliphatic heterocycles. The third kappa shape index (κ3) is 3.04. The van der Waals surface area contributed by atoms with E-state index in [0.29, 0.717) is 6.42 Å². The maximum Gasteiger partial charge on any atom is 0.0627 e. The summed E-state index contributed by atoms with van der Waals surface area (Å²) in [5.41, 5.74) is 0.148. The molecule has 0 saturated carbocycles. The molecule has 0 radical (unpaired) electrons. The van der Waals surface area contributed by atoms with Crippen molar-refractivity contribution in [2.75, 3.05) is 5.33 Å². The second-order valence-corrected chi connectivity index (χ2v) is 3.19. The topological polar surface area (TPSA) is 23.8 Å². The van der Waals surface area contributed by atoms with Gasteiger partial charge in [-0.15, -0.1) is 0 Å². The second kappa shape index (κ2) is 3.09. The van der Waals surface area contributed by atoms with E-state index < -0.39 is 0 Å². The van der Waals surface area contributed by atoms with Gasteiger partial charge in [0.1, 0.15) is 0 Å². The highest BCUT2D eigenvalue weighted by atomic mass is 79.9. The lowest BCUT2D eigenvalue weighted by atomic mass is 9.93. The van der Waals surface area contributed by atoms with Gasteiger partial charge < -0.3 is 0 Å². The summed E-state index contributed by atoms with van der Waals surface area (Å²) in [6, 6.07) is 2.13. The first kappa shape index (κ1) is 7.97. The molecule has 0 unspecified atom stereocenters. The Morgan fingerprint density at radius 3 is 2.25 bits per heavy atom. The van der Waals surface area contributed by atoms with Crippen LogP contribution in [0.15, 0.2) is 0 Å². The van der Waals surface area contributed by atoms with Crippen LogP contribution in [0.2, 0.25) is 0 Å². The average Bonchev–Trinajstić information content (AvgIpc) is 1.67. The summed E-state index contributed by atoms with van der Waals surface area (Å²) in [5.74, 6) is 0. The van der Waals surface area contributed by atoms with Crippen LogP contribution in [0.1, 0.15) is 20.3 Å². The Hall–Kier alpha value is -0.0300. The van der Waals surface area contributed by atoms with Crippen molar-refractivity contribution in [2.45, 2.75) is 20.3 Å². The molecule has 46 valence electrons. The molecule has 0 N–H and O–H groups in total. The lowest BCUT2D eigenvalue weighted by Crippen LogP contribution is -2.10. The minimum atomic E-state index is 0.148. The molecule has 0 fully saturated rings. The largest absolute Gasteiger partial charge is 0.198 e. The van der Waals surface area contributed by atoms with Gasteiger partial charge in [0.15, 0.2) is 0 Å². The molecule has 0 saturated heterocycles. The first-order valence-corrected chi connectivity index (χ1v) is 3.67. The van der Waals surface area contributed by atoms with E-state index in [1.165, 1.54) is 0 Å². The van der Waals surface area contributed by atoms with Gasteiger partial charge >= 0.3 is 0 Å². The molecule has 0 rings (SSSR count). The van der Waals surface area contributed by atoms with Gasteiger partial charge in [0.05, 0.1) is 6.07 Å². The van der Waals surface area contributed by atoms with E-state index in [1.807, 2.05) is 0 Å². The minimum Gasteiger partial charge on any atom is -0.198 e. The van der Waals surface area contributed by atoms with Crippen LogP contribution in [-0.2, 0) is 0 Å². The van der Waals surface area contributed by atoms with Crippen molar-refractivity contribution in [3.8, 4) is 6.07 Å². The van der Waals surface area contributed by atoms with Crippen LogP contribution in [0.5, 0.6) is 0 Å². The number of nitriles is 1. The van der Waals surface area contributed by atoms with Crippen molar-refractivity contribution in [3.63, 3.8) is 0 Å². The van der Waals surface area contributed by atoms with Gasteiger partial charge in [0.25, 0.3) is 0 Å². The molecule has 0 aromatic rings. The standard InChI is InChI=1S/C6H10BrN/c1-6(2,5-7)3-4-8/h3,5H2,1-2H3. The molecule has 0 heterocycles. The summed E-state index contributed by atoms with van der Waals surface area (Å²) in [7, 11) is 0. The van der Waals surface area contributed by atoms with Crippen molar-refractivity contribution < 1.29 is 0 Å². The van der Waals surface area contributed by atoms with Crippen molar-refractivity contribution in [3.05, 3.63) is 0 Å². The smallest absolute Gasteiger partial charge is 0.0627 e. The van der Waals surface area contributed by atoms with Gasteiger partial charge in [-0.25, -0.2) is 0 Å². The zero-order chi connectivity index (χ0) is 6.62. The lowest BCUT2D eigenvalue weighted by molar-refractivity contribution is 0.440. The fourth-order valence-corrected chi connectivity index (χ4v) is 0.460. The van der Waals surface area contributed by atoms with E-state index in [-0.39, 0.29) is 5.41 Å². The van der Waals surface area contributed by atoms with Crippen LogP contribution in [0.3, 0.4) is 0 Å². The summed E-state index contributed by atoms with van der Waals surface area (Å²) in [4.78, 5) is 0. The molecule has 1 nitrogen and oxygen atoms in total. The summed E-state index contributed by atoms with van der Waals surface area (Å²) >= 11 is 3.32. The molecule has 0 spiro atoms. The predicted octanol–water partition coefficient (Wildman–Crippen LogP) is 2.32. The van der Waals surface area contributed by atoms with Gasteiger partial charge in [-0.3, -0.25) is 0 Å². The third-order valence-electron chi connectivity index (χ3n) is 0.919. The molecule has 0 aromatic heterocycles. The van der Waals surface area contributed by atoms with Crippen molar-refractivity contribution in [1.29, 1.82) is 5.26 Å². The first-order chi connectivity index (χ1) is 3.62. The Balaban J connectivity index is 3.58. The highest BCUT2D eigenvalue weighted by molar-refractivity contribution is 9.09. The molecular formula is C6H10BrN. The summed E-state index contributed by atoms with van der Waals surface area (Å²) in [6.45, 7) is 4.12. The molecule has 0 amide bonds. The lowest BCUT2D eigenvalue weighted by Gasteiger charge is -2.15. The van der Waals surface area contributed by atoms with Gasteiger partial charge in [0, 0.05) is 11.8 Å². The van der Waals surface area contributed by atoms with Crippen molar-refractivity contribution in [2.24, 2.45) is 5.41 Å². The molecular weight excluding hydrogens is 166 g/mol. The van der Waals surface area contributed by atoms with E-state index >= 15 is 0 Å². The maximum absolute atomic E-state index is 8.26. The second-order valence-electron chi connectivity index (χ2n) is 2.63. The van der Waals surface area contributed by atoms with E-state index in [2.05, 4.69) is 35.8 Å². The Morgan fingerprint density at radius 2 is 2.12 bits per heavy atom. The zero-order valence-corrected chi connectivity index (χ0v) is 6.83. The molecule has 8 heavy (non-hydrogen) atoms. The Kier molecular flexibility index (Phi) is 3.08. The van der Waals surface area contributed by atoms with Crippen LogP contribution in [0.25, 0.3) is 0 Å². The van der Waals surface area contributed by atoms with Crippen LogP contribution < -0.4 is 0 Å². The average molecular weight is 176 g/mol. The number of rotatable bonds is 2. The summed E-state index contributed by atoms with van der Waals surface area (Å²) in [5, 5.41) is 9.16. The number of hydrogen-bond acceptors (Lipinski definition) is 1. The zero-order valence-electron chi connectivity index (χ0n) is 5.24. The fourth-order valence-electron chi connectivity index (χ4n) is 0.261. The van der Waals surface area contributed by atoms with E-state index in [4.69, 9.17) is 5.26 Å². The monoisotopic (exact) mass is 175 g/mol. The maximum atomic E-state index is 8.26. The molecule has 0 bridgehead atoms. The Morgan fingerprint density at radius 1 is 1.62 bits per heavy atom. The van der Waals surface area contributed by atoms with Crippen LogP contribution in [0, 0.1) is 16.7 Å². The number of alkyl halides is 1. The summed E-state index contributed by atoms with van der Waals surface area (Å²) < 4.78 is 0. The van der Waals surface area contributed by atoms with E-state index in [1.54, 1.807) is 0 Å². The quantitative estimate of drug-likeness (QED) is 0.592. The van der Waals surface area contributed by atoms with Crippen LogP contribution in [-0.4, -0.2) is 5.33 Å². The Bertz CT molecular complexity index is 102. The van der Waals surface area contributed by atoms with E-state index in [0.717, 1.165) is 5.33 Å². The van der Waals surface area contributed by atoms with Gasteiger partial charge in [-0.2, -0.15) is 5.26 Å². The first-order valence-electron chi connectivity index (χ1n) is 2.55. The van der Waals surface area contributed by atoms with E-state index in [9.17, 15) is 0 Å². The van der Waals surface area contributed by atoms with Crippen molar-refractivity contribution >= 4 is 15.9 Å². The van der Waals surface area contributed by atoms with Crippen molar-refractivity contribution in [1.82, 2.24) is 0 Å². The number of hydrogen-bond donors (Lipinski definition) is 0. The van der Waals surface area contributed by atoms with Gasteiger partial charge in [-0.05, 0) is 5.41 Å². The minimum absolute atomic E-state index is 0.148. The van der Waals surface area contributed by atoms with Gasteiger partial charge in [-0.1, -0.05) is 29.8 Å². The normalized spacial score (nSPS) is 10.8. The molecule has 2 heteroatoms. The van der Waals surface area contributed by atoms with Crippen LogP contribution in [0.4, 0.5) is 0 Å². The fraction of sp³-hybridized carbons (Fsp3) is 0.833. The van der Waals surface area contributed by atoms with Crippen LogP contribution >= 0.6 is 15.9 Å². The highest BCUT2D eigenvalue weighted by Gasteiger charge is 2.14. The third-order valence-corrected chi connectivity index (χ3v) is 2.44. The highest BCUT2D eigenvalue weighted by Crippen LogP contribution is 2.21. The number of nitrogens with zero attached hydrogens (tertiary/aromatic N) is 1. The molecule has 0 aliphatic rings. The molecule has 0 aliphatic carbocycles. The molecule has 0 atom stereocenters. The van der Waals surface area contributed by atoms with Gasteiger partial charge in [0.2, 0.25) is 0 Å². The Labute approximate surface area is 58.8 Å².